The summed E-state index contributed by atoms with van der Waals surface area (Å²) in [7, 11) is 0. The van der Waals surface area contributed by atoms with Crippen LogP contribution in [0.5, 0.6) is 0 Å². The molecule has 6 heteroatoms. The second kappa shape index (κ2) is 5.40. The third-order valence-electron chi connectivity index (χ3n) is 2.56. The molecular formula is C13H11ClFNO3. The number of rotatable bonds is 4. The molecule has 19 heavy (non-hydrogen) atoms. The molecule has 0 atom stereocenters. The van der Waals surface area contributed by atoms with Crippen LogP contribution >= 0.6 is 11.6 Å². The van der Waals surface area contributed by atoms with Crippen LogP contribution in [0.3, 0.4) is 0 Å². The number of aromatic nitrogens is 1. The fourth-order valence-corrected chi connectivity index (χ4v) is 1.98. The van der Waals surface area contributed by atoms with E-state index in [0.29, 0.717) is 18.5 Å². The van der Waals surface area contributed by atoms with Gasteiger partial charge in [0.25, 0.3) is 0 Å². The summed E-state index contributed by atoms with van der Waals surface area (Å²) >= 11 is 5.89. The monoisotopic (exact) mass is 283 g/mol. The molecule has 0 saturated carbocycles. The highest BCUT2D eigenvalue weighted by Crippen LogP contribution is 2.31. The molecule has 0 aliphatic carbocycles. The minimum atomic E-state index is -1.23. The molecule has 0 aliphatic heterocycles. The summed E-state index contributed by atoms with van der Waals surface area (Å²) in [6, 6.07) is 4.16. The molecule has 1 N–H and O–H groups in total. The predicted molar refractivity (Wildman–Crippen MR) is 67.9 cm³/mol. The van der Waals surface area contributed by atoms with Gasteiger partial charge in [-0.25, -0.2) is 14.2 Å². The lowest BCUT2D eigenvalue weighted by Crippen LogP contribution is -1.99. The first-order chi connectivity index (χ1) is 9.04. The highest BCUT2D eigenvalue weighted by Gasteiger charge is 2.22. The first-order valence-corrected chi connectivity index (χ1v) is 6.09. The van der Waals surface area contributed by atoms with Gasteiger partial charge in [-0.1, -0.05) is 31.0 Å². The van der Waals surface area contributed by atoms with Crippen molar-refractivity contribution < 1.29 is 18.7 Å². The summed E-state index contributed by atoms with van der Waals surface area (Å²) < 4.78 is 18.9. The minimum Gasteiger partial charge on any atom is -0.475 e. The highest BCUT2D eigenvalue weighted by molar-refractivity contribution is 6.33. The molecule has 0 amide bonds. The number of hydrogen-bond donors (Lipinski definition) is 1. The molecule has 0 fully saturated rings. The normalized spacial score (nSPS) is 10.7. The van der Waals surface area contributed by atoms with E-state index in [9.17, 15) is 9.18 Å². The lowest BCUT2D eigenvalue weighted by Gasteiger charge is -2.00. The van der Waals surface area contributed by atoms with Crippen molar-refractivity contribution in [1.82, 2.24) is 4.98 Å². The van der Waals surface area contributed by atoms with Gasteiger partial charge in [0.1, 0.15) is 5.82 Å². The molecule has 1 aromatic heterocycles. The van der Waals surface area contributed by atoms with Gasteiger partial charge >= 0.3 is 5.97 Å². The Kier molecular flexibility index (Phi) is 3.85. The van der Waals surface area contributed by atoms with E-state index in [4.69, 9.17) is 21.1 Å². The average molecular weight is 284 g/mol. The summed E-state index contributed by atoms with van der Waals surface area (Å²) in [6.45, 7) is 1.88. The number of halogens is 2. The number of nitrogens with zero attached hydrogens (tertiary/aromatic N) is 1. The van der Waals surface area contributed by atoms with Crippen LogP contribution in [-0.4, -0.2) is 16.1 Å². The predicted octanol–water partition coefficient (Wildman–Crippen LogP) is 3.78. The Bertz CT molecular complexity index is 604. The number of oxazole rings is 1. The maximum absolute atomic E-state index is 13.7. The SMILES string of the molecule is CCCc1nc(-c2c(F)cccc2Cl)oc1C(=O)O. The largest absolute Gasteiger partial charge is 0.475 e. The van der Waals surface area contributed by atoms with Crippen LogP contribution in [0, 0.1) is 5.82 Å². The number of aryl methyl sites for hydroxylation is 1. The van der Waals surface area contributed by atoms with Crippen molar-refractivity contribution in [3.8, 4) is 11.5 Å². The van der Waals surface area contributed by atoms with Crippen molar-refractivity contribution >= 4 is 17.6 Å². The number of aromatic carboxylic acids is 1. The van der Waals surface area contributed by atoms with E-state index in [1.54, 1.807) is 0 Å². The van der Waals surface area contributed by atoms with Crippen molar-refractivity contribution in [1.29, 1.82) is 0 Å². The maximum Gasteiger partial charge on any atom is 0.373 e. The Morgan fingerprint density at radius 3 is 2.84 bits per heavy atom. The number of hydrogen-bond acceptors (Lipinski definition) is 3. The van der Waals surface area contributed by atoms with Crippen molar-refractivity contribution in [3.63, 3.8) is 0 Å². The van der Waals surface area contributed by atoms with E-state index in [1.807, 2.05) is 6.92 Å². The number of carbonyl (C=O) groups is 1. The van der Waals surface area contributed by atoms with Gasteiger partial charge in [-0.15, -0.1) is 0 Å². The lowest BCUT2D eigenvalue weighted by atomic mass is 10.2. The van der Waals surface area contributed by atoms with Gasteiger partial charge in [0, 0.05) is 0 Å². The summed E-state index contributed by atoms with van der Waals surface area (Å²) in [5.41, 5.74) is 0.276. The van der Waals surface area contributed by atoms with Crippen molar-refractivity contribution in [3.05, 3.63) is 40.5 Å². The summed E-state index contributed by atoms with van der Waals surface area (Å²) in [6.07, 6.45) is 1.15. The molecule has 1 aromatic carbocycles. The van der Waals surface area contributed by atoms with E-state index in [0.717, 1.165) is 0 Å². The minimum absolute atomic E-state index is 0.0194. The molecule has 0 spiro atoms. The quantitative estimate of drug-likeness (QED) is 0.927. The van der Waals surface area contributed by atoms with Gasteiger partial charge in [0.05, 0.1) is 16.3 Å². The zero-order chi connectivity index (χ0) is 14.0. The van der Waals surface area contributed by atoms with Crippen LogP contribution < -0.4 is 0 Å². The van der Waals surface area contributed by atoms with Gasteiger partial charge in [0.15, 0.2) is 0 Å². The molecule has 0 bridgehead atoms. The standard InChI is InChI=1S/C13H11ClFNO3/c1-2-4-9-11(13(17)18)19-12(16-9)10-7(14)5-3-6-8(10)15/h3,5-6H,2,4H2,1H3,(H,17,18). The van der Waals surface area contributed by atoms with Crippen molar-refractivity contribution in [2.45, 2.75) is 19.8 Å². The number of carboxylic acid groups (broad SMARTS) is 1. The maximum atomic E-state index is 13.7. The van der Waals surface area contributed by atoms with Crippen molar-refractivity contribution in [2.75, 3.05) is 0 Å². The van der Waals surface area contributed by atoms with Crippen molar-refractivity contribution in [2.24, 2.45) is 0 Å². The lowest BCUT2D eigenvalue weighted by molar-refractivity contribution is 0.0661. The second-order valence-corrected chi connectivity index (χ2v) is 4.35. The van der Waals surface area contributed by atoms with Crippen LogP contribution in [0.1, 0.15) is 29.6 Å². The summed E-state index contributed by atoms with van der Waals surface area (Å²) in [5.74, 6) is -2.21. The van der Waals surface area contributed by atoms with Gasteiger partial charge in [0.2, 0.25) is 11.7 Å². The fraction of sp³-hybridized carbons (Fsp3) is 0.231. The van der Waals surface area contributed by atoms with Crippen LogP contribution in [0.2, 0.25) is 5.02 Å². The molecule has 2 aromatic rings. The molecule has 1 heterocycles. The highest BCUT2D eigenvalue weighted by atomic mass is 35.5. The van der Waals surface area contributed by atoms with E-state index in [2.05, 4.69) is 4.98 Å². The smallest absolute Gasteiger partial charge is 0.373 e. The fourth-order valence-electron chi connectivity index (χ4n) is 1.73. The number of benzene rings is 1. The Morgan fingerprint density at radius 1 is 1.53 bits per heavy atom. The first kappa shape index (κ1) is 13.5. The zero-order valence-electron chi connectivity index (χ0n) is 10.1. The Morgan fingerprint density at radius 2 is 2.26 bits per heavy atom. The average Bonchev–Trinajstić information content (AvgIpc) is 2.73. The van der Waals surface area contributed by atoms with Crippen LogP contribution in [0.25, 0.3) is 11.5 Å². The Labute approximate surface area is 113 Å². The molecule has 4 nitrogen and oxygen atoms in total. The van der Waals surface area contributed by atoms with Gasteiger partial charge < -0.3 is 9.52 Å². The van der Waals surface area contributed by atoms with Crippen LogP contribution in [0.4, 0.5) is 4.39 Å². The third-order valence-corrected chi connectivity index (χ3v) is 2.87. The van der Waals surface area contributed by atoms with E-state index in [-0.39, 0.29) is 22.2 Å². The molecule has 2 rings (SSSR count). The second-order valence-electron chi connectivity index (χ2n) is 3.95. The number of carboxylic acids is 1. The molecule has 0 unspecified atom stereocenters. The summed E-state index contributed by atoms with van der Waals surface area (Å²) in [4.78, 5) is 15.1. The molecule has 0 aliphatic rings. The van der Waals surface area contributed by atoms with E-state index >= 15 is 0 Å². The van der Waals surface area contributed by atoms with Crippen LogP contribution in [0.15, 0.2) is 22.6 Å². The van der Waals surface area contributed by atoms with E-state index in [1.165, 1.54) is 18.2 Å². The Balaban J connectivity index is 2.57. The van der Waals surface area contributed by atoms with Gasteiger partial charge in [-0.2, -0.15) is 0 Å². The topological polar surface area (TPSA) is 63.3 Å². The third kappa shape index (κ3) is 2.61. The molecule has 0 saturated heterocycles. The van der Waals surface area contributed by atoms with E-state index < -0.39 is 11.8 Å². The molecule has 0 radical (unpaired) electrons. The summed E-state index contributed by atoms with van der Waals surface area (Å²) in [5, 5.41) is 9.16. The van der Waals surface area contributed by atoms with Crippen LogP contribution in [-0.2, 0) is 6.42 Å². The van der Waals surface area contributed by atoms with Gasteiger partial charge in [-0.3, -0.25) is 0 Å². The molecular weight excluding hydrogens is 273 g/mol. The van der Waals surface area contributed by atoms with Gasteiger partial charge in [-0.05, 0) is 18.6 Å². The molecule has 100 valence electrons. The first-order valence-electron chi connectivity index (χ1n) is 5.72. The Hall–Kier alpha value is -1.88. The zero-order valence-corrected chi connectivity index (χ0v) is 10.9.